The molecule has 1 aliphatic rings. The van der Waals surface area contributed by atoms with Crippen molar-refractivity contribution in [2.24, 2.45) is 5.92 Å². The number of hydrogen-bond donors (Lipinski definition) is 1. The first-order chi connectivity index (χ1) is 8.81. The van der Waals surface area contributed by atoms with Crippen molar-refractivity contribution in [1.29, 1.82) is 5.41 Å². The molecule has 0 unspecified atom stereocenters. The number of thiocarbonyl (C=S) groups is 1. The molecule has 1 saturated carbocycles. The Morgan fingerprint density at radius 1 is 1.17 bits per heavy atom. The monoisotopic (exact) mass is 261 g/mol. The molecule has 0 heterocycles. The van der Waals surface area contributed by atoms with E-state index >= 15 is 0 Å². The van der Waals surface area contributed by atoms with Crippen LogP contribution in [0.2, 0.25) is 0 Å². The zero-order chi connectivity index (χ0) is 13.2. The summed E-state index contributed by atoms with van der Waals surface area (Å²) >= 11 is 3.81. The van der Waals surface area contributed by atoms with Crippen LogP contribution in [0.3, 0.4) is 0 Å². The zero-order valence-corrected chi connectivity index (χ0v) is 12.0. The summed E-state index contributed by atoms with van der Waals surface area (Å²) in [6, 6.07) is 11.1. The molecule has 0 spiro atoms. The zero-order valence-electron chi connectivity index (χ0n) is 11.2. The van der Waals surface area contributed by atoms with Crippen LogP contribution in [-0.4, -0.2) is 5.16 Å². The lowest BCUT2D eigenvalue weighted by Gasteiger charge is -2.28. The third kappa shape index (κ3) is 5.12. The van der Waals surface area contributed by atoms with Crippen LogP contribution in [0.25, 0.3) is 0 Å². The molecule has 0 amide bonds. The third-order valence-electron chi connectivity index (χ3n) is 3.81. The summed E-state index contributed by atoms with van der Waals surface area (Å²) in [6.45, 7) is 2.31. The van der Waals surface area contributed by atoms with Crippen LogP contribution in [-0.2, 0) is 0 Å². The summed E-state index contributed by atoms with van der Waals surface area (Å²) in [6.07, 6.45) is 8.53. The Balaban J connectivity index is 0.000000492. The Morgan fingerprint density at radius 3 is 2.22 bits per heavy atom. The molecule has 1 nitrogen and oxygen atoms in total. The molecule has 1 aliphatic carbocycles. The van der Waals surface area contributed by atoms with Gasteiger partial charge in [-0.3, -0.25) is 0 Å². The third-order valence-corrected chi connectivity index (χ3v) is 3.81. The van der Waals surface area contributed by atoms with E-state index in [2.05, 4.69) is 49.5 Å². The Morgan fingerprint density at radius 2 is 1.72 bits per heavy atom. The molecule has 0 saturated heterocycles. The smallest absolute Gasteiger partial charge is 0.0554 e. The molecule has 0 aromatic heterocycles. The Kier molecular flexibility index (Phi) is 7.55. The number of benzene rings is 1. The Labute approximate surface area is 116 Å². The highest BCUT2D eigenvalue weighted by Gasteiger charge is 2.21. The van der Waals surface area contributed by atoms with Gasteiger partial charge in [-0.1, -0.05) is 50.1 Å². The molecule has 0 radical (unpaired) electrons. The van der Waals surface area contributed by atoms with Gasteiger partial charge in [0.15, 0.2) is 0 Å². The van der Waals surface area contributed by atoms with Crippen molar-refractivity contribution in [3.05, 3.63) is 35.9 Å². The molecule has 1 N–H and O–H groups in total. The molecule has 98 valence electrons. The van der Waals surface area contributed by atoms with Crippen LogP contribution in [0.5, 0.6) is 0 Å². The molecule has 0 aliphatic heterocycles. The van der Waals surface area contributed by atoms with E-state index in [-0.39, 0.29) is 0 Å². The lowest BCUT2D eigenvalue weighted by Crippen LogP contribution is -2.13. The predicted octanol–water partition coefficient (Wildman–Crippen LogP) is 5.43. The lowest BCUT2D eigenvalue weighted by atomic mass is 9.77. The van der Waals surface area contributed by atoms with E-state index in [1.165, 1.54) is 38.5 Å². The van der Waals surface area contributed by atoms with Crippen LogP contribution in [0.4, 0.5) is 0 Å². The molecule has 1 fully saturated rings. The van der Waals surface area contributed by atoms with Gasteiger partial charge in [-0.15, -0.1) is 0 Å². The van der Waals surface area contributed by atoms with Gasteiger partial charge in [0, 0.05) is 0 Å². The van der Waals surface area contributed by atoms with Crippen LogP contribution in [0.15, 0.2) is 30.3 Å². The fraction of sp³-hybridized carbons (Fsp3) is 0.562. The van der Waals surface area contributed by atoms with Crippen molar-refractivity contribution in [3.63, 3.8) is 0 Å². The second kappa shape index (κ2) is 9.02. The summed E-state index contributed by atoms with van der Waals surface area (Å²) in [5, 5.41) is 7.36. The predicted molar refractivity (Wildman–Crippen MR) is 81.4 cm³/mol. The minimum absolute atomic E-state index is 0.847. The van der Waals surface area contributed by atoms with E-state index in [1.807, 2.05) is 0 Å². The van der Waals surface area contributed by atoms with Gasteiger partial charge in [0.1, 0.15) is 0 Å². The number of nitrogens with one attached hydrogen (secondary N) is 1. The van der Waals surface area contributed by atoms with Gasteiger partial charge in [-0.25, -0.2) is 5.41 Å². The second-order valence-corrected chi connectivity index (χ2v) is 5.22. The highest BCUT2D eigenvalue weighted by molar-refractivity contribution is 7.78. The maximum atomic E-state index is 5.77. The summed E-state index contributed by atoms with van der Waals surface area (Å²) < 4.78 is 0. The fourth-order valence-corrected chi connectivity index (χ4v) is 2.92. The Bertz CT molecular complexity index is 347. The maximum Gasteiger partial charge on any atom is 0.0554 e. The highest BCUT2D eigenvalue weighted by Crippen LogP contribution is 2.37. The van der Waals surface area contributed by atoms with Crippen molar-refractivity contribution in [2.75, 3.05) is 0 Å². The summed E-state index contributed by atoms with van der Waals surface area (Å²) in [7, 11) is 0. The van der Waals surface area contributed by atoms with E-state index in [0.717, 1.165) is 11.8 Å². The molecular weight excluding hydrogens is 238 g/mol. The van der Waals surface area contributed by atoms with E-state index in [9.17, 15) is 0 Å². The second-order valence-electron chi connectivity index (χ2n) is 5.02. The quantitative estimate of drug-likeness (QED) is 0.569. The van der Waals surface area contributed by atoms with Crippen LogP contribution in [0, 0.1) is 11.3 Å². The number of rotatable bonds is 3. The molecule has 0 atom stereocenters. The largest absolute Gasteiger partial charge is 0.248 e. The highest BCUT2D eigenvalue weighted by atomic mass is 32.1. The fourth-order valence-electron chi connectivity index (χ4n) is 2.92. The number of isothiocyanates is 1. The maximum absolute atomic E-state index is 5.77. The molecule has 0 bridgehead atoms. The summed E-state index contributed by atoms with van der Waals surface area (Å²) in [4.78, 5) is 0. The van der Waals surface area contributed by atoms with Gasteiger partial charge in [-0.05, 0) is 55.3 Å². The minimum Gasteiger partial charge on any atom is -0.248 e. The molecule has 1 aromatic rings. The van der Waals surface area contributed by atoms with Gasteiger partial charge < -0.3 is 0 Å². The minimum atomic E-state index is 0.847. The van der Waals surface area contributed by atoms with Crippen LogP contribution >= 0.6 is 12.2 Å². The molecule has 2 heteroatoms. The van der Waals surface area contributed by atoms with E-state index in [0.29, 0.717) is 0 Å². The van der Waals surface area contributed by atoms with Crippen molar-refractivity contribution < 1.29 is 0 Å². The molecule has 18 heavy (non-hydrogen) atoms. The first-order valence-electron chi connectivity index (χ1n) is 6.90. The Hall–Kier alpha value is -0.980. The van der Waals surface area contributed by atoms with Crippen molar-refractivity contribution in [3.8, 4) is 0 Å². The van der Waals surface area contributed by atoms with Crippen molar-refractivity contribution >= 4 is 17.4 Å². The van der Waals surface area contributed by atoms with E-state index < -0.39 is 0 Å². The molecule has 2 rings (SSSR count). The first kappa shape index (κ1) is 15.1. The van der Waals surface area contributed by atoms with Crippen molar-refractivity contribution in [1.82, 2.24) is 0 Å². The van der Waals surface area contributed by atoms with Gasteiger partial charge in [0.25, 0.3) is 0 Å². The standard InChI is InChI=1S/C15H22.CHNS/c1-2-6-13-9-11-15(12-10-13)14-7-4-3-5-8-14;2-1-3/h3-5,7-8,13,15H,2,6,9-12H2,1H3;2H. The summed E-state index contributed by atoms with van der Waals surface area (Å²) in [5.74, 6) is 1.87. The van der Waals surface area contributed by atoms with Crippen LogP contribution in [0.1, 0.15) is 56.9 Å². The van der Waals surface area contributed by atoms with E-state index in [4.69, 9.17) is 5.41 Å². The van der Waals surface area contributed by atoms with Crippen molar-refractivity contribution in [2.45, 2.75) is 51.4 Å². The lowest BCUT2D eigenvalue weighted by molar-refractivity contribution is 0.308. The summed E-state index contributed by atoms with van der Waals surface area (Å²) in [5.41, 5.74) is 1.56. The molecule has 1 aromatic carbocycles. The first-order valence-corrected chi connectivity index (χ1v) is 7.31. The van der Waals surface area contributed by atoms with E-state index in [1.54, 1.807) is 10.7 Å². The molecular formula is C16H23NS. The topological polar surface area (TPSA) is 23.9 Å². The SMILES string of the molecule is CCCC1CCC(c2ccccc2)CC1.N=C=S. The van der Waals surface area contributed by atoms with Crippen LogP contribution < -0.4 is 0 Å². The average Bonchev–Trinajstić information content (AvgIpc) is 2.42. The average molecular weight is 261 g/mol. The normalized spacial score (nSPS) is 22.5. The van der Waals surface area contributed by atoms with Gasteiger partial charge >= 0.3 is 0 Å². The van der Waals surface area contributed by atoms with Gasteiger partial charge in [0.05, 0.1) is 5.16 Å². The number of hydrogen-bond acceptors (Lipinski definition) is 2. The van der Waals surface area contributed by atoms with Gasteiger partial charge in [-0.2, -0.15) is 0 Å². The van der Waals surface area contributed by atoms with Gasteiger partial charge in [0.2, 0.25) is 0 Å².